The maximum Gasteiger partial charge on any atom is 0.319 e. The van der Waals surface area contributed by atoms with Gasteiger partial charge in [0.1, 0.15) is 5.41 Å². The summed E-state index contributed by atoms with van der Waals surface area (Å²) in [5.74, 6) is -1.49. The number of carboxylic acids is 1. The molecule has 0 aromatic heterocycles. The number of non-ortho nitro benzene ring substituents is 1. The summed E-state index contributed by atoms with van der Waals surface area (Å²) in [6.07, 6.45) is 0.574. The Kier molecular flexibility index (Phi) is 4.32. The van der Waals surface area contributed by atoms with Gasteiger partial charge in [-0.15, -0.1) is 0 Å². The highest BCUT2D eigenvalue weighted by atomic mass is 16.6. The molecule has 1 saturated heterocycles. The number of nitro groups is 1. The van der Waals surface area contributed by atoms with E-state index in [-0.39, 0.29) is 37.5 Å². The van der Waals surface area contributed by atoms with E-state index in [1.165, 1.54) is 12.1 Å². The minimum absolute atomic E-state index is 0.0243. The summed E-state index contributed by atoms with van der Waals surface area (Å²) in [6.45, 7) is 0.138. The Bertz CT molecular complexity index is 567. The van der Waals surface area contributed by atoms with Crippen LogP contribution < -0.4 is 0 Å². The van der Waals surface area contributed by atoms with Gasteiger partial charge < -0.3 is 9.84 Å². The predicted molar refractivity (Wildman–Crippen MR) is 71.9 cm³/mol. The van der Waals surface area contributed by atoms with Crippen LogP contribution in [-0.2, 0) is 20.7 Å². The zero-order chi connectivity index (χ0) is 15.5. The minimum atomic E-state index is -1.50. The van der Waals surface area contributed by atoms with Crippen molar-refractivity contribution >= 4 is 17.4 Å². The number of hydrogen-bond donors (Lipinski definition) is 1. The van der Waals surface area contributed by atoms with Crippen molar-refractivity contribution in [1.82, 2.24) is 0 Å². The van der Waals surface area contributed by atoms with Crippen LogP contribution in [0.1, 0.15) is 18.4 Å². The minimum Gasteiger partial charge on any atom is -0.480 e. The van der Waals surface area contributed by atoms with Crippen LogP contribution in [0.15, 0.2) is 24.3 Å². The van der Waals surface area contributed by atoms with Crippen molar-refractivity contribution in [3.8, 4) is 0 Å². The Morgan fingerprint density at radius 1 is 1.38 bits per heavy atom. The molecule has 7 heteroatoms. The summed E-state index contributed by atoms with van der Waals surface area (Å²) in [7, 11) is 0. The number of carbonyl (C=O) groups is 2. The summed E-state index contributed by atoms with van der Waals surface area (Å²) in [6, 6.07) is 5.87. The van der Waals surface area contributed by atoms with Crippen LogP contribution in [-0.4, -0.2) is 35.0 Å². The fourth-order valence-corrected chi connectivity index (χ4v) is 2.37. The predicted octanol–water partition coefficient (Wildman–Crippen LogP) is 1.59. The third-order valence-corrected chi connectivity index (χ3v) is 3.75. The summed E-state index contributed by atoms with van der Waals surface area (Å²) < 4.78 is 5.17. The molecule has 1 heterocycles. The number of ketones is 1. The molecule has 1 fully saturated rings. The van der Waals surface area contributed by atoms with E-state index < -0.39 is 16.3 Å². The molecule has 1 aliphatic rings. The van der Waals surface area contributed by atoms with Gasteiger partial charge in [0.2, 0.25) is 0 Å². The Morgan fingerprint density at radius 2 is 2.05 bits per heavy atom. The smallest absolute Gasteiger partial charge is 0.319 e. The molecule has 0 amide bonds. The van der Waals surface area contributed by atoms with Crippen molar-refractivity contribution < 1.29 is 24.4 Å². The Hall–Kier alpha value is -2.28. The normalized spacial score (nSPS) is 22.0. The maximum absolute atomic E-state index is 12.0. The largest absolute Gasteiger partial charge is 0.480 e. The first-order valence-corrected chi connectivity index (χ1v) is 6.53. The van der Waals surface area contributed by atoms with Gasteiger partial charge in [-0.25, -0.2) is 0 Å². The molecule has 7 nitrogen and oxygen atoms in total. The molecule has 0 radical (unpaired) electrons. The highest BCUT2D eigenvalue weighted by Gasteiger charge is 2.47. The van der Waals surface area contributed by atoms with E-state index in [0.29, 0.717) is 6.42 Å². The Balaban J connectivity index is 2.10. The first-order chi connectivity index (χ1) is 9.95. The number of carboxylic acid groups (broad SMARTS) is 1. The summed E-state index contributed by atoms with van der Waals surface area (Å²) >= 11 is 0. The van der Waals surface area contributed by atoms with Gasteiger partial charge >= 0.3 is 5.97 Å². The quantitative estimate of drug-likeness (QED) is 0.502. The van der Waals surface area contributed by atoms with Crippen molar-refractivity contribution in [2.24, 2.45) is 5.41 Å². The van der Waals surface area contributed by atoms with E-state index in [2.05, 4.69) is 0 Å². The van der Waals surface area contributed by atoms with Gasteiger partial charge in [-0.2, -0.15) is 0 Å². The Morgan fingerprint density at radius 3 is 2.57 bits per heavy atom. The van der Waals surface area contributed by atoms with E-state index in [1.54, 1.807) is 12.1 Å². The number of nitro benzene ring substituents is 1. The van der Waals surface area contributed by atoms with Crippen LogP contribution in [0.2, 0.25) is 0 Å². The lowest BCUT2D eigenvalue weighted by atomic mass is 9.76. The molecule has 0 bridgehead atoms. The second kappa shape index (κ2) is 6.01. The number of Topliss-reactive ketones (excluding diaryl/α,β-unsaturated/α-hetero) is 1. The van der Waals surface area contributed by atoms with Gasteiger partial charge in [-0.05, 0) is 18.4 Å². The van der Waals surface area contributed by atoms with Crippen molar-refractivity contribution in [1.29, 1.82) is 0 Å². The van der Waals surface area contributed by atoms with Crippen LogP contribution in [0.5, 0.6) is 0 Å². The molecule has 1 atom stereocenters. The molecule has 1 unspecified atom stereocenters. The number of aryl methyl sites for hydroxylation is 1. The lowest BCUT2D eigenvalue weighted by Gasteiger charge is -2.31. The monoisotopic (exact) mass is 293 g/mol. The molecule has 0 saturated carbocycles. The van der Waals surface area contributed by atoms with E-state index in [9.17, 15) is 24.8 Å². The van der Waals surface area contributed by atoms with Gasteiger partial charge in [0.15, 0.2) is 5.78 Å². The van der Waals surface area contributed by atoms with Crippen LogP contribution >= 0.6 is 0 Å². The molecule has 1 N–H and O–H groups in total. The second-order valence-electron chi connectivity index (χ2n) is 5.04. The third-order valence-electron chi connectivity index (χ3n) is 3.75. The Labute approximate surface area is 120 Å². The average molecular weight is 293 g/mol. The van der Waals surface area contributed by atoms with Crippen LogP contribution in [0.3, 0.4) is 0 Å². The van der Waals surface area contributed by atoms with Crippen LogP contribution in [0.25, 0.3) is 0 Å². The number of ether oxygens (including phenoxy) is 1. The summed E-state index contributed by atoms with van der Waals surface area (Å²) in [5.41, 5.74) is -0.775. The van der Waals surface area contributed by atoms with E-state index >= 15 is 0 Å². The molecule has 21 heavy (non-hydrogen) atoms. The van der Waals surface area contributed by atoms with Crippen LogP contribution in [0, 0.1) is 15.5 Å². The zero-order valence-electron chi connectivity index (χ0n) is 11.3. The van der Waals surface area contributed by atoms with Crippen molar-refractivity contribution in [3.05, 3.63) is 39.9 Å². The molecule has 2 rings (SSSR count). The molecule has 1 aromatic rings. The zero-order valence-corrected chi connectivity index (χ0v) is 11.3. The SMILES string of the molecule is O=C(O)C1(CCc2ccc([N+](=O)[O-])cc2)COCCC1=O. The van der Waals surface area contributed by atoms with E-state index in [4.69, 9.17) is 4.74 Å². The number of aliphatic carboxylic acids is 1. The number of nitrogens with zero attached hydrogens (tertiary/aromatic N) is 1. The first kappa shape index (κ1) is 15.1. The third kappa shape index (κ3) is 3.08. The van der Waals surface area contributed by atoms with Gasteiger partial charge in [0.05, 0.1) is 18.1 Å². The van der Waals surface area contributed by atoms with Gasteiger partial charge in [-0.1, -0.05) is 12.1 Å². The van der Waals surface area contributed by atoms with Gasteiger partial charge in [-0.3, -0.25) is 19.7 Å². The van der Waals surface area contributed by atoms with Gasteiger partial charge in [0.25, 0.3) is 5.69 Å². The van der Waals surface area contributed by atoms with Crippen molar-refractivity contribution in [2.75, 3.05) is 13.2 Å². The lowest BCUT2D eigenvalue weighted by molar-refractivity contribution is -0.384. The molecule has 112 valence electrons. The highest BCUT2D eigenvalue weighted by Crippen LogP contribution is 2.31. The molecular weight excluding hydrogens is 278 g/mol. The van der Waals surface area contributed by atoms with E-state index in [1.807, 2.05) is 0 Å². The molecule has 0 spiro atoms. The highest BCUT2D eigenvalue weighted by molar-refractivity contribution is 6.03. The van der Waals surface area contributed by atoms with Crippen molar-refractivity contribution in [2.45, 2.75) is 19.3 Å². The second-order valence-corrected chi connectivity index (χ2v) is 5.04. The lowest BCUT2D eigenvalue weighted by Crippen LogP contribution is -2.47. The number of hydrogen-bond acceptors (Lipinski definition) is 5. The van der Waals surface area contributed by atoms with Crippen LogP contribution in [0.4, 0.5) is 5.69 Å². The molecule has 0 aliphatic carbocycles. The maximum atomic E-state index is 12.0. The molecule has 1 aromatic carbocycles. The average Bonchev–Trinajstić information content (AvgIpc) is 2.47. The first-order valence-electron chi connectivity index (χ1n) is 6.53. The molecule has 1 aliphatic heterocycles. The fourth-order valence-electron chi connectivity index (χ4n) is 2.37. The summed E-state index contributed by atoms with van der Waals surface area (Å²) in [4.78, 5) is 33.5. The molecular formula is C14H15NO6. The number of benzene rings is 1. The number of rotatable bonds is 5. The fraction of sp³-hybridized carbons (Fsp3) is 0.429. The van der Waals surface area contributed by atoms with Gasteiger partial charge in [0, 0.05) is 18.6 Å². The standard InChI is InChI=1S/C14H15NO6/c16-12-6-8-21-9-14(12,13(17)18)7-5-10-1-3-11(4-2-10)15(19)20/h1-4H,5-9H2,(H,17,18). The number of carbonyl (C=O) groups excluding carboxylic acids is 1. The topological polar surface area (TPSA) is 107 Å². The van der Waals surface area contributed by atoms with E-state index in [0.717, 1.165) is 5.56 Å². The summed E-state index contributed by atoms with van der Waals surface area (Å²) in [5, 5.41) is 19.9. The van der Waals surface area contributed by atoms with Crippen molar-refractivity contribution in [3.63, 3.8) is 0 Å².